The first-order chi connectivity index (χ1) is 7.86. The van der Waals surface area contributed by atoms with Crippen molar-refractivity contribution in [2.45, 2.75) is 13.0 Å². The molecule has 1 aliphatic heterocycles. The van der Waals surface area contributed by atoms with E-state index >= 15 is 0 Å². The van der Waals surface area contributed by atoms with Crippen molar-refractivity contribution in [1.82, 2.24) is 5.32 Å². The summed E-state index contributed by atoms with van der Waals surface area (Å²) in [5.74, 6) is 0.995. The Morgan fingerprint density at radius 2 is 2.12 bits per heavy atom. The van der Waals surface area contributed by atoms with E-state index in [1.807, 2.05) is 24.5 Å². The molecule has 2 nitrogen and oxygen atoms in total. The Morgan fingerprint density at radius 1 is 1.25 bits per heavy atom. The van der Waals surface area contributed by atoms with E-state index in [1.54, 1.807) is 0 Å². The number of fused-ring (bicyclic) bond motifs is 1. The van der Waals surface area contributed by atoms with Gasteiger partial charge in [-0.25, -0.2) is 0 Å². The summed E-state index contributed by atoms with van der Waals surface area (Å²) in [5.41, 5.74) is 3.77. The van der Waals surface area contributed by atoms with Gasteiger partial charge in [0.2, 0.25) is 0 Å². The van der Waals surface area contributed by atoms with Crippen LogP contribution < -0.4 is 5.32 Å². The van der Waals surface area contributed by atoms with E-state index in [0.29, 0.717) is 0 Å². The zero-order valence-corrected chi connectivity index (χ0v) is 10.4. The Labute approximate surface area is 103 Å². The predicted octanol–water partition coefficient (Wildman–Crippen LogP) is 3.35. The predicted molar refractivity (Wildman–Crippen MR) is 67.3 cm³/mol. The van der Waals surface area contributed by atoms with Crippen LogP contribution in [0.2, 0.25) is 0 Å². The molecule has 16 heavy (non-hydrogen) atoms. The molecule has 2 aromatic rings. The molecule has 2 heterocycles. The maximum Gasteiger partial charge on any atom is 0.139 e. The fraction of sp³-hybridized carbons (Fsp3) is 0.231. The Morgan fingerprint density at radius 3 is 3.00 bits per heavy atom. The third-order valence-corrected chi connectivity index (χ3v) is 3.66. The molecule has 1 N–H and O–H groups in total. The molecule has 0 unspecified atom stereocenters. The summed E-state index contributed by atoms with van der Waals surface area (Å²) in [5, 5.41) is 3.38. The van der Waals surface area contributed by atoms with Gasteiger partial charge in [0, 0.05) is 22.1 Å². The molecule has 1 aromatic carbocycles. The van der Waals surface area contributed by atoms with Crippen molar-refractivity contribution in [1.29, 1.82) is 0 Å². The standard InChI is InChI=1S/C13H12BrNO/c14-12-4-2-1-3-10(12)13-11-7-15-6-5-9(11)8-16-13/h1-4,8,15H,5-7H2. The third kappa shape index (κ3) is 1.60. The molecule has 3 heteroatoms. The molecule has 0 saturated carbocycles. The van der Waals surface area contributed by atoms with E-state index in [-0.39, 0.29) is 0 Å². The molecule has 0 aliphatic carbocycles. The van der Waals surface area contributed by atoms with Crippen LogP contribution in [0.25, 0.3) is 11.3 Å². The highest BCUT2D eigenvalue weighted by molar-refractivity contribution is 9.10. The number of rotatable bonds is 1. The lowest BCUT2D eigenvalue weighted by molar-refractivity contribution is 0.577. The largest absolute Gasteiger partial charge is 0.464 e. The highest BCUT2D eigenvalue weighted by atomic mass is 79.9. The van der Waals surface area contributed by atoms with Gasteiger partial charge in [0.05, 0.1) is 6.26 Å². The van der Waals surface area contributed by atoms with E-state index in [1.165, 1.54) is 11.1 Å². The van der Waals surface area contributed by atoms with E-state index in [2.05, 4.69) is 27.3 Å². The normalized spacial score (nSPS) is 14.8. The van der Waals surface area contributed by atoms with Crippen molar-refractivity contribution >= 4 is 15.9 Å². The second kappa shape index (κ2) is 4.07. The number of hydrogen-bond donors (Lipinski definition) is 1. The molecule has 0 saturated heterocycles. The molecular formula is C13H12BrNO. The summed E-state index contributed by atoms with van der Waals surface area (Å²) >= 11 is 3.57. The van der Waals surface area contributed by atoms with Gasteiger partial charge in [-0.05, 0) is 24.6 Å². The lowest BCUT2D eigenvalue weighted by Gasteiger charge is -2.13. The third-order valence-electron chi connectivity index (χ3n) is 2.97. The van der Waals surface area contributed by atoms with E-state index in [9.17, 15) is 0 Å². The monoisotopic (exact) mass is 277 g/mol. The van der Waals surface area contributed by atoms with Crippen molar-refractivity contribution in [3.8, 4) is 11.3 Å². The maximum atomic E-state index is 5.71. The summed E-state index contributed by atoms with van der Waals surface area (Å²) in [7, 11) is 0. The summed E-state index contributed by atoms with van der Waals surface area (Å²) in [6.45, 7) is 1.95. The van der Waals surface area contributed by atoms with Gasteiger partial charge in [-0.15, -0.1) is 0 Å². The van der Waals surface area contributed by atoms with Crippen LogP contribution in [-0.4, -0.2) is 6.54 Å². The number of benzene rings is 1. The first-order valence-electron chi connectivity index (χ1n) is 5.41. The zero-order valence-electron chi connectivity index (χ0n) is 8.79. The van der Waals surface area contributed by atoms with Gasteiger partial charge >= 0.3 is 0 Å². The lowest BCUT2D eigenvalue weighted by atomic mass is 10.0. The first kappa shape index (κ1) is 10.1. The van der Waals surface area contributed by atoms with Crippen molar-refractivity contribution in [2.75, 3.05) is 6.54 Å². The average molecular weight is 278 g/mol. The quantitative estimate of drug-likeness (QED) is 0.865. The molecule has 0 atom stereocenters. The molecule has 82 valence electrons. The van der Waals surface area contributed by atoms with Crippen LogP contribution in [0.5, 0.6) is 0 Å². The number of furan rings is 1. The Balaban J connectivity index is 2.13. The van der Waals surface area contributed by atoms with Crippen LogP contribution in [0.15, 0.2) is 39.4 Å². The molecular weight excluding hydrogens is 266 g/mol. The fourth-order valence-corrected chi connectivity index (χ4v) is 2.59. The molecule has 0 spiro atoms. The summed E-state index contributed by atoms with van der Waals surface area (Å²) < 4.78 is 6.80. The summed E-state index contributed by atoms with van der Waals surface area (Å²) in [6.07, 6.45) is 2.95. The SMILES string of the molecule is Brc1ccccc1-c1occ2c1CNCC2. The van der Waals surface area contributed by atoms with Crippen LogP contribution in [-0.2, 0) is 13.0 Å². The van der Waals surface area contributed by atoms with Gasteiger partial charge in [0.1, 0.15) is 5.76 Å². The topological polar surface area (TPSA) is 25.2 Å². The Kier molecular flexibility index (Phi) is 2.58. The summed E-state index contributed by atoms with van der Waals surface area (Å²) in [4.78, 5) is 0. The minimum Gasteiger partial charge on any atom is -0.464 e. The maximum absolute atomic E-state index is 5.71. The summed E-state index contributed by atoms with van der Waals surface area (Å²) in [6, 6.07) is 8.17. The molecule has 0 fully saturated rings. The van der Waals surface area contributed by atoms with Crippen LogP contribution in [0.3, 0.4) is 0 Å². The van der Waals surface area contributed by atoms with Gasteiger partial charge in [-0.1, -0.05) is 34.1 Å². The van der Waals surface area contributed by atoms with Crippen LogP contribution >= 0.6 is 15.9 Å². The molecule has 3 rings (SSSR count). The Hall–Kier alpha value is -1.06. The van der Waals surface area contributed by atoms with Crippen molar-refractivity contribution in [3.05, 3.63) is 46.1 Å². The van der Waals surface area contributed by atoms with Gasteiger partial charge < -0.3 is 9.73 Å². The average Bonchev–Trinajstić information content (AvgIpc) is 2.74. The molecule has 1 aromatic heterocycles. The highest BCUT2D eigenvalue weighted by Gasteiger charge is 2.19. The Bertz CT molecular complexity index is 518. The van der Waals surface area contributed by atoms with Gasteiger partial charge in [-0.3, -0.25) is 0 Å². The number of hydrogen-bond acceptors (Lipinski definition) is 2. The van der Waals surface area contributed by atoms with Crippen LogP contribution in [0.1, 0.15) is 11.1 Å². The van der Waals surface area contributed by atoms with Gasteiger partial charge in [0.25, 0.3) is 0 Å². The number of halogens is 1. The second-order valence-electron chi connectivity index (χ2n) is 3.98. The minimum atomic E-state index is 0.905. The van der Waals surface area contributed by atoms with E-state index in [0.717, 1.165) is 35.3 Å². The smallest absolute Gasteiger partial charge is 0.139 e. The van der Waals surface area contributed by atoms with Crippen LogP contribution in [0.4, 0.5) is 0 Å². The lowest BCUT2D eigenvalue weighted by Crippen LogP contribution is -2.22. The molecule has 0 bridgehead atoms. The van der Waals surface area contributed by atoms with E-state index < -0.39 is 0 Å². The van der Waals surface area contributed by atoms with Crippen molar-refractivity contribution < 1.29 is 4.42 Å². The highest BCUT2D eigenvalue weighted by Crippen LogP contribution is 2.34. The van der Waals surface area contributed by atoms with Crippen molar-refractivity contribution in [3.63, 3.8) is 0 Å². The fourth-order valence-electron chi connectivity index (χ4n) is 2.13. The minimum absolute atomic E-state index is 0.905. The van der Waals surface area contributed by atoms with E-state index in [4.69, 9.17) is 4.42 Å². The van der Waals surface area contributed by atoms with Crippen LogP contribution in [0, 0.1) is 0 Å². The first-order valence-corrected chi connectivity index (χ1v) is 6.20. The number of nitrogens with one attached hydrogen (secondary N) is 1. The molecule has 0 amide bonds. The zero-order chi connectivity index (χ0) is 11.0. The van der Waals surface area contributed by atoms with Gasteiger partial charge in [0.15, 0.2) is 0 Å². The van der Waals surface area contributed by atoms with Gasteiger partial charge in [-0.2, -0.15) is 0 Å². The molecule has 1 aliphatic rings. The molecule has 0 radical (unpaired) electrons. The van der Waals surface area contributed by atoms with Crippen molar-refractivity contribution in [2.24, 2.45) is 0 Å². The second-order valence-corrected chi connectivity index (χ2v) is 4.83.